The standard InChI is InChI=1S/C20H24N2O3S/c1-12-6-5-9-16(13(12)2)22-18(23)14-7-3-4-8-15(14)21-20(22)26-17-10-11-25-19(17)24/h3-4,7-8,12-13,16-17H,5-6,9-11H2,1-2H3/t12-,13+,16+,17+/m1/s1. The average molecular weight is 372 g/mol. The van der Waals surface area contributed by atoms with Gasteiger partial charge < -0.3 is 4.74 Å². The Morgan fingerprint density at radius 3 is 2.73 bits per heavy atom. The lowest BCUT2D eigenvalue weighted by molar-refractivity contribution is -0.137. The molecule has 4 rings (SSSR count). The third kappa shape index (κ3) is 3.04. The molecule has 138 valence electrons. The fraction of sp³-hybridized carbons (Fsp3) is 0.550. The Hall–Kier alpha value is -1.82. The summed E-state index contributed by atoms with van der Waals surface area (Å²) in [6, 6.07) is 7.61. The summed E-state index contributed by atoms with van der Waals surface area (Å²) in [6.07, 6.45) is 3.97. The molecule has 1 aliphatic heterocycles. The van der Waals surface area contributed by atoms with E-state index >= 15 is 0 Å². The lowest BCUT2D eigenvalue weighted by atomic mass is 9.78. The molecule has 0 radical (unpaired) electrons. The Labute approximate surface area is 157 Å². The van der Waals surface area contributed by atoms with Gasteiger partial charge in [0.2, 0.25) is 0 Å². The zero-order valence-corrected chi connectivity index (χ0v) is 16.0. The van der Waals surface area contributed by atoms with Crippen LogP contribution in [-0.4, -0.2) is 27.4 Å². The fourth-order valence-electron chi connectivity index (χ4n) is 4.13. The molecule has 0 amide bonds. The summed E-state index contributed by atoms with van der Waals surface area (Å²) in [4.78, 5) is 30.1. The zero-order chi connectivity index (χ0) is 18.3. The first-order chi connectivity index (χ1) is 12.6. The number of nitrogens with zero attached hydrogens (tertiary/aromatic N) is 2. The third-order valence-corrected chi connectivity index (χ3v) is 7.12. The van der Waals surface area contributed by atoms with Crippen molar-refractivity contribution in [3.05, 3.63) is 34.6 Å². The molecule has 2 fully saturated rings. The second kappa shape index (κ2) is 7.06. The minimum atomic E-state index is -0.273. The van der Waals surface area contributed by atoms with Crippen LogP contribution in [0.5, 0.6) is 0 Å². The van der Waals surface area contributed by atoms with Gasteiger partial charge in [0.05, 0.1) is 17.5 Å². The van der Waals surface area contributed by atoms with Crippen molar-refractivity contribution in [2.24, 2.45) is 11.8 Å². The number of benzene rings is 1. The Kier molecular flexibility index (Phi) is 4.78. The highest BCUT2D eigenvalue weighted by Crippen LogP contribution is 2.40. The van der Waals surface area contributed by atoms with Gasteiger partial charge in [0.25, 0.3) is 5.56 Å². The molecule has 0 N–H and O–H groups in total. The van der Waals surface area contributed by atoms with Crippen LogP contribution < -0.4 is 5.56 Å². The monoisotopic (exact) mass is 372 g/mol. The molecule has 4 atom stereocenters. The van der Waals surface area contributed by atoms with E-state index in [2.05, 4.69) is 13.8 Å². The van der Waals surface area contributed by atoms with Crippen molar-refractivity contribution in [1.82, 2.24) is 9.55 Å². The Balaban J connectivity index is 1.85. The molecule has 1 aromatic carbocycles. The molecular weight excluding hydrogens is 348 g/mol. The maximum atomic E-state index is 13.3. The van der Waals surface area contributed by atoms with Gasteiger partial charge in [-0.1, -0.05) is 50.6 Å². The van der Waals surface area contributed by atoms with Crippen LogP contribution in [0.25, 0.3) is 10.9 Å². The van der Waals surface area contributed by atoms with E-state index in [4.69, 9.17) is 9.72 Å². The number of esters is 1. The van der Waals surface area contributed by atoms with Crippen molar-refractivity contribution < 1.29 is 9.53 Å². The SMILES string of the molecule is C[C@H]1[C@H](C)CCC[C@@H]1n1c(S[C@H]2CCOC2=O)nc2ccccc2c1=O. The molecule has 2 aromatic rings. The van der Waals surface area contributed by atoms with Gasteiger partial charge in [0, 0.05) is 12.5 Å². The van der Waals surface area contributed by atoms with E-state index in [-0.39, 0.29) is 22.8 Å². The number of hydrogen-bond acceptors (Lipinski definition) is 5. The molecule has 1 aromatic heterocycles. The van der Waals surface area contributed by atoms with E-state index in [0.29, 0.717) is 40.9 Å². The Bertz CT molecular complexity index is 894. The van der Waals surface area contributed by atoms with Crippen LogP contribution >= 0.6 is 11.8 Å². The summed E-state index contributed by atoms with van der Waals surface area (Å²) < 4.78 is 6.98. The van der Waals surface area contributed by atoms with E-state index in [9.17, 15) is 9.59 Å². The molecule has 2 aliphatic rings. The van der Waals surface area contributed by atoms with Gasteiger partial charge in [-0.05, 0) is 30.4 Å². The molecule has 0 unspecified atom stereocenters. The largest absolute Gasteiger partial charge is 0.465 e. The number of rotatable bonds is 3. The summed E-state index contributed by atoms with van der Waals surface area (Å²) in [7, 11) is 0. The molecule has 0 bridgehead atoms. The quantitative estimate of drug-likeness (QED) is 0.606. The Morgan fingerprint density at radius 1 is 1.15 bits per heavy atom. The van der Waals surface area contributed by atoms with Gasteiger partial charge in [-0.25, -0.2) is 4.98 Å². The average Bonchev–Trinajstić information content (AvgIpc) is 3.03. The van der Waals surface area contributed by atoms with Gasteiger partial charge in [-0.3, -0.25) is 14.2 Å². The highest BCUT2D eigenvalue weighted by atomic mass is 32.2. The topological polar surface area (TPSA) is 61.2 Å². The van der Waals surface area contributed by atoms with Crippen molar-refractivity contribution >= 4 is 28.6 Å². The van der Waals surface area contributed by atoms with Gasteiger partial charge in [0.15, 0.2) is 5.16 Å². The number of carbonyl (C=O) groups is 1. The van der Waals surface area contributed by atoms with Crippen LogP contribution in [0.2, 0.25) is 0 Å². The second-order valence-corrected chi connectivity index (χ2v) is 8.65. The minimum Gasteiger partial charge on any atom is -0.465 e. The van der Waals surface area contributed by atoms with E-state index in [1.807, 2.05) is 28.8 Å². The molecule has 6 heteroatoms. The van der Waals surface area contributed by atoms with E-state index in [1.165, 1.54) is 18.2 Å². The van der Waals surface area contributed by atoms with E-state index in [0.717, 1.165) is 12.8 Å². The number of carbonyl (C=O) groups excluding carboxylic acids is 1. The molecule has 26 heavy (non-hydrogen) atoms. The first kappa shape index (κ1) is 17.6. The molecular formula is C20H24N2O3S. The number of hydrogen-bond donors (Lipinski definition) is 0. The molecule has 2 heterocycles. The second-order valence-electron chi connectivity index (χ2n) is 7.48. The maximum Gasteiger partial charge on any atom is 0.319 e. The maximum absolute atomic E-state index is 13.3. The Morgan fingerprint density at radius 2 is 1.96 bits per heavy atom. The highest BCUT2D eigenvalue weighted by molar-refractivity contribution is 8.00. The zero-order valence-electron chi connectivity index (χ0n) is 15.2. The molecule has 5 nitrogen and oxygen atoms in total. The van der Waals surface area contributed by atoms with Crippen LogP contribution in [-0.2, 0) is 9.53 Å². The molecule has 1 saturated carbocycles. The van der Waals surface area contributed by atoms with Crippen LogP contribution in [0.15, 0.2) is 34.2 Å². The summed E-state index contributed by atoms with van der Waals surface area (Å²) in [6.45, 7) is 4.94. The van der Waals surface area contributed by atoms with Gasteiger partial charge in [-0.2, -0.15) is 0 Å². The number of thioether (sulfide) groups is 1. The van der Waals surface area contributed by atoms with Gasteiger partial charge in [-0.15, -0.1) is 0 Å². The highest BCUT2D eigenvalue weighted by Gasteiger charge is 2.34. The third-order valence-electron chi connectivity index (χ3n) is 5.91. The van der Waals surface area contributed by atoms with E-state index < -0.39 is 0 Å². The lowest BCUT2D eigenvalue weighted by Crippen LogP contribution is -2.35. The van der Waals surface area contributed by atoms with Crippen LogP contribution in [0, 0.1) is 11.8 Å². The van der Waals surface area contributed by atoms with Crippen molar-refractivity contribution in [2.45, 2.75) is 56.0 Å². The van der Waals surface area contributed by atoms with Crippen molar-refractivity contribution in [3.63, 3.8) is 0 Å². The lowest BCUT2D eigenvalue weighted by Gasteiger charge is -2.36. The number of aromatic nitrogens is 2. The van der Waals surface area contributed by atoms with Gasteiger partial charge >= 0.3 is 5.97 Å². The molecule has 1 aliphatic carbocycles. The summed E-state index contributed by atoms with van der Waals surface area (Å²) in [5.41, 5.74) is 0.703. The molecule has 1 saturated heterocycles. The van der Waals surface area contributed by atoms with Gasteiger partial charge in [0.1, 0.15) is 5.25 Å². The molecule has 0 spiro atoms. The fourth-order valence-corrected chi connectivity index (χ4v) is 5.25. The normalized spacial score (nSPS) is 29.1. The number of cyclic esters (lactones) is 1. The van der Waals surface area contributed by atoms with Crippen molar-refractivity contribution in [3.8, 4) is 0 Å². The van der Waals surface area contributed by atoms with Crippen molar-refractivity contribution in [2.75, 3.05) is 6.61 Å². The number of ether oxygens (including phenoxy) is 1. The number of fused-ring (bicyclic) bond motifs is 1. The summed E-state index contributed by atoms with van der Waals surface area (Å²) in [5, 5.41) is 1.03. The summed E-state index contributed by atoms with van der Waals surface area (Å²) in [5.74, 6) is 0.773. The van der Waals surface area contributed by atoms with Crippen LogP contribution in [0.1, 0.15) is 45.6 Å². The smallest absolute Gasteiger partial charge is 0.319 e. The minimum absolute atomic E-state index is 0.00964. The van der Waals surface area contributed by atoms with Crippen LogP contribution in [0.4, 0.5) is 0 Å². The predicted octanol–water partition coefficient (Wildman–Crippen LogP) is 3.80. The van der Waals surface area contributed by atoms with Crippen LogP contribution in [0.3, 0.4) is 0 Å². The van der Waals surface area contributed by atoms with Crippen molar-refractivity contribution in [1.29, 1.82) is 0 Å². The van der Waals surface area contributed by atoms with E-state index in [1.54, 1.807) is 0 Å². The first-order valence-electron chi connectivity index (χ1n) is 9.41. The summed E-state index contributed by atoms with van der Waals surface area (Å²) >= 11 is 1.39. The number of para-hydroxylation sites is 1. The first-order valence-corrected chi connectivity index (χ1v) is 10.3. The predicted molar refractivity (Wildman–Crippen MR) is 102 cm³/mol.